The van der Waals surface area contributed by atoms with Crippen LogP contribution in [0.3, 0.4) is 0 Å². The van der Waals surface area contributed by atoms with Crippen molar-refractivity contribution in [1.29, 1.82) is 0 Å². The van der Waals surface area contributed by atoms with Crippen molar-refractivity contribution in [2.45, 2.75) is 19.4 Å². The van der Waals surface area contributed by atoms with Gasteiger partial charge in [-0.2, -0.15) is 0 Å². The predicted molar refractivity (Wildman–Crippen MR) is 65.5 cm³/mol. The molecule has 1 heterocycles. The normalized spacial score (nSPS) is 12.7. The molecule has 0 radical (unpaired) electrons. The van der Waals surface area contributed by atoms with E-state index in [1.807, 2.05) is 13.0 Å². The zero-order valence-electron chi connectivity index (χ0n) is 9.41. The van der Waals surface area contributed by atoms with Crippen molar-refractivity contribution in [1.82, 2.24) is 0 Å². The number of hydrogen-bond acceptors (Lipinski definition) is 2. The fourth-order valence-corrected chi connectivity index (χ4v) is 1.98. The van der Waals surface area contributed by atoms with Crippen LogP contribution >= 0.6 is 11.6 Å². The van der Waals surface area contributed by atoms with Crippen LogP contribution in [-0.4, -0.2) is 0 Å². The molecule has 0 spiro atoms. The Hall–Kier alpha value is -1.32. The van der Waals surface area contributed by atoms with Gasteiger partial charge in [0.05, 0.1) is 6.04 Å². The highest BCUT2D eigenvalue weighted by Crippen LogP contribution is 2.29. The standard InChI is InChI=1S/C13H13ClFNO/c1-2-8-6-7-11(17-8)13(16)12-9(14)4-3-5-10(12)15/h3-7,13H,2,16H2,1H3. The van der Waals surface area contributed by atoms with Gasteiger partial charge in [-0.05, 0) is 24.3 Å². The highest BCUT2D eigenvalue weighted by molar-refractivity contribution is 6.31. The Labute approximate surface area is 104 Å². The first-order chi connectivity index (χ1) is 8.13. The smallest absolute Gasteiger partial charge is 0.129 e. The summed E-state index contributed by atoms with van der Waals surface area (Å²) in [4.78, 5) is 0. The van der Waals surface area contributed by atoms with Crippen molar-refractivity contribution in [3.05, 3.63) is 58.3 Å². The topological polar surface area (TPSA) is 39.2 Å². The van der Waals surface area contributed by atoms with Crippen LogP contribution in [0.5, 0.6) is 0 Å². The molecule has 0 saturated heterocycles. The van der Waals surface area contributed by atoms with E-state index in [4.69, 9.17) is 21.8 Å². The quantitative estimate of drug-likeness (QED) is 0.906. The van der Waals surface area contributed by atoms with Crippen LogP contribution in [-0.2, 0) is 6.42 Å². The van der Waals surface area contributed by atoms with Crippen LogP contribution in [0.1, 0.15) is 30.0 Å². The Morgan fingerprint density at radius 3 is 2.71 bits per heavy atom. The number of benzene rings is 1. The van der Waals surface area contributed by atoms with Crippen LogP contribution in [0.15, 0.2) is 34.7 Å². The number of halogens is 2. The van der Waals surface area contributed by atoms with Gasteiger partial charge in [-0.1, -0.05) is 24.6 Å². The summed E-state index contributed by atoms with van der Waals surface area (Å²) in [5.41, 5.74) is 6.24. The number of furan rings is 1. The second kappa shape index (κ2) is 4.90. The van der Waals surface area contributed by atoms with Gasteiger partial charge in [0.2, 0.25) is 0 Å². The summed E-state index contributed by atoms with van der Waals surface area (Å²) in [6.45, 7) is 1.98. The average molecular weight is 254 g/mol. The molecule has 1 aromatic heterocycles. The van der Waals surface area contributed by atoms with E-state index in [1.165, 1.54) is 6.07 Å². The maximum Gasteiger partial charge on any atom is 0.129 e. The second-order valence-electron chi connectivity index (χ2n) is 3.77. The van der Waals surface area contributed by atoms with Gasteiger partial charge in [0.1, 0.15) is 17.3 Å². The minimum atomic E-state index is -0.677. The minimum Gasteiger partial charge on any atom is -0.464 e. The molecule has 1 atom stereocenters. The van der Waals surface area contributed by atoms with Gasteiger partial charge in [-0.15, -0.1) is 0 Å². The summed E-state index contributed by atoms with van der Waals surface area (Å²) in [7, 11) is 0. The summed E-state index contributed by atoms with van der Waals surface area (Å²) in [5, 5.41) is 0.312. The molecular formula is C13H13ClFNO. The summed E-state index contributed by atoms with van der Waals surface area (Å²) in [5.74, 6) is 0.927. The highest BCUT2D eigenvalue weighted by atomic mass is 35.5. The average Bonchev–Trinajstić information content (AvgIpc) is 2.77. The van der Waals surface area contributed by atoms with Gasteiger partial charge in [0.25, 0.3) is 0 Å². The molecule has 0 saturated carbocycles. The Balaban J connectivity index is 2.39. The highest BCUT2D eigenvalue weighted by Gasteiger charge is 2.19. The lowest BCUT2D eigenvalue weighted by molar-refractivity contribution is 0.448. The van der Waals surface area contributed by atoms with Gasteiger partial charge in [0.15, 0.2) is 0 Å². The zero-order valence-corrected chi connectivity index (χ0v) is 10.2. The molecule has 0 aliphatic rings. The third-order valence-electron chi connectivity index (χ3n) is 2.65. The molecule has 1 unspecified atom stereocenters. The maximum absolute atomic E-state index is 13.7. The largest absolute Gasteiger partial charge is 0.464 e. The Morgan fingerprint density at radius 2 is 2.12 bits per heavy atom. The number of rotatable bonds is 3. The molecule has 0 amide bonds. The second-order valence-corrected chi connectivity index (χ2v) is 4.18. The fourth-order valence-electron chi connectivity index (χ4n) is 1.70. The molecule has 1 aromatic carbocycles. The first-order valence-electron chi connectivity index (χ1n) is 5.41. The van der Waals surface area contributed by atoms with E-state index in [9.17, 15) is 4.39 Å². The third kappa shape index (κ3) is 2.35. The van der Waals surface area contributed by atoms with Crippen molar-refractivity contribution < 1.29 is 8.81 Å². The summed E-state index contributed by atoms with van der Waals surface area (Å²) in [6, 6.07) is 7.42. The molecule has 17 heavy (non-hydrogen) atoms. The molecule has 2 aromatic rings. The summed E-state index contributed by atoms with van der Waals surface area (Å²) in [6.07, 6.45) is 0.776. The monoisotopic (exact) mass is 253 g/mol. The van der Waals surface area contributed by atoms with E-state index >= 15 is 0 Å². The van der Waals surface area contributed by atoms with E-state index in [0.717, 1.165) is 12.2 Å². The lowest BCUT2D eigenvalue weighted by atomic mass is 10.0. The number of hydrogen-bond donors (Lipinski definition) is 1. The molecule has 0 aliphatic heterocycles. The first-order valence-corrected chi connectivity index (χ1v) is 5.79. The Kier molecular flexibility index (Phi) is 3.50. The third-order valence-corrected chi connectivity index (χ3v) is 2.98. The minimum absolute atomic E-state index is 0.270. The molecule has 90 valence electrons. The molecule has 2 N–H and O–H groups in total. The molecule has 0 fully saturated rings. The van der Waals surface area contributed by atoms with Gasteiger partial charge >= 0.3 is 0 Å². The first kappa shape index (κ1) is 12.1. The molecule has 2 rings (SSSR count). The van der Waals surface area contributed by atoms with Crippen LogP contribution in [0.2, 0.25) is 5.02 Å². The summed E-state index contributed by atoms with van der Waals surface area (Å²) >= 11 is 5.95. The van der Waals surface area contributed by atoms with Gasteiger partial charge < -0.3 is 10.2 Å². The molecule has 2 nitrogen and oxygen atoms in total. The number of aryl methyl sites for hydroxylation is 1. The van der Waals surface area contributed by atoms with Crippen LogP contribution < -0.4 is 5.73 Å². The predicted octanol–water partition coefficient (Wildman–Crippen LogP) is 3.68. The molecule has 0 bridgehead atoms. The molecule has 0 aliphatic carbocycles. The van der Waals surface area contributed by atoms with Gasteiger partial charge in [-0.25, -0.2) is 4.39 Å². The SMILES string of the molecule is CCc1ccc(C(N)c2c(F)cccc2Cl)o1. The molecular weight excluding hydrogens is 241 g/mol. The van der Waals surface area contributed by atoms with Crippen LogP contribution in [0, 0.1) is 5.82 Å². The van der Waals surface area contributed by atoms with E-state index in [0.29, 0.717) is 10.8 Å². The number of nitrogens with two attached hydrogens (primary N) is 1. The van der Waals surface area contributed by atoms with E-state index in [2.05, 4.69) is 0 Å². The van der Waals surface area contributed by atoms with E-state index < -0.39 is 11.9 Å². The van der Waals surface area contributed by atoms with Crippen molar-refractivity contribution in [3.8, 4) is 0 Å². The van der Waals surface area contributed by atoms with Gasteiger partial charge in [-0.3, -0.25) is 0 Å². The van der Waals surface area contributed by atoms with E-state index in [-0.39, 0.29) is 5.56 Å². The van der Waals surface area contributed by atoms with Crippen molar-refractivity contribution in [2.75, 3.05) is 0 Å². The summed E-state index contributed by atoms with van der Waals surface area (Å²) < 4.78 is 19.2. The van der Waals surface area contributed by atoms with Gasteiger partial charge in [0, 0.05) is 17.0 Å². The van der Waals surface area contributed by atoms with E-state index in [1.54, 1.807) is 18.2 Å². The van der Waals surface area contributed by atoms with Crippen LogP contribution in [0.4, 0.5) is 4.39 Å². The Morgan fingerprint density at radius 1 is 1.35 bits per heavy atom. The van der Waals surface area contributed by atoms with Crippen molar-refractivity contribution >= 4 is 11.6 Å². The molecule has 4 heteroatoms. The van der Waals surface area contributed by atoms with Crippen molar-refractivity contribution in [2.24, 2.45) is 5.73 Å². The van der Waals surface area contributed by atoms with Crippen molar-refractivity contribution in [3.63, 3.8) is 0 Å². The lowest BCUT2D eigenvalue weighted by Gasteiger charge is -2.12. The zero-order chi connectivity index (χ0) is 12.4. The Bertz CT molecular complexity index is 504. The fraction of sp³-hybridized carbons (Fsp3) is 0.231. The van der Waals surface area contributed by atoms with Crippen LogP contribution in [0.25, 0.3) is 0 Å². The maximum atomic E-state index is 13.7. The lowest BCUT2D eigenvalue weighted by Crippen LogP contribution is -2.13.